The number of amides is 1. The molecule has 0 aliphatic carbocycles. The molecule has 0 spiro atoms. The van der Waals surface area contributed by atoms with Gasteiger partial charge in [0.1, 0.15) is 10.8 Å². The molecule has 3 nitrogen and oxygen atoms in total. The molecule has 2 N–H and O–H groups in total. The zero-order valence-corrected chi connectivity index (χ0v) is 12.4. The maximum Gasteiger partial charge on any atom is 0.258 e. The predicted octanol–water partition coefficient (Wildman–Crippen LogP) is 3.13. The van der Waals surface area contributed by atoms with Crippen LogP contribution in [0, 0.1) is 5.82 Å². The molecule has 0 aliphatic rings. The summed E-state index contributed by atoms with van der Waals surface area (Å²) in [6, 6.07) is 12.9. The van der Waals surface area contributed by atoms with Crippen molar-refractivity contribution < 1.29 is 9.18 Å². The van der Waals surface area contributed by atoms with Crippen molar-refractivity contribution in [3.63, 3.8) is 0 Å². The van der Waals surface area contributed by atoms with Gasteiger partial charge < -0.3 is 10.6 Å². The Hall–Kier alpha value is -2.27. The number of thiocarbonyl (C=S) groups is 1. The molecule has 1 amide bonds. The lowest BCUT2D eigenvalue weighted by Gasteiger charge is -2.21. The van der Waals surface area contributed by atoms with E-state index in [1.807, 2.05) is 0 Å². The lowest BCUT2D eigenvalue weighted by Crippen LogP contribution is -2.31. The van der Waals surface area contributed by atoms with E-state index in [0.29, 0.717) is 17.7 Å². The number of hydrogen-bond donors (Lipinski definition) is 1. The van der Waals surface area contributed by atoms with Crippen LogP contribution in [-0.4, -0.2) is 17.4 Å². The molecular weight excluding hydrogens is 287 g/mol. The molecule has 21 heavy (non-hydrogen) atoms. The molecule has 108 valence electrons. The van der Waals surface area contributed by atoms with E-state index in [-0.39, 0.29) is 16.6 Å². The highest BCUT2D eigenvalue weighted by molar-refractivity contribution is 7.80. The Labute approximate surface area is 128 Å². The van der Waals surface area contributed by atoms with Gasteiger partial charge >= 0.3 is 0 Å². The molecule has 0 heterocycles. The summed E-state index contributed by atoms with van der Waals surface area (Å²) in [4.78, 5) is 14.2. The maximum atomic E-state index is 13.9. The average molecular weight is 302 g/mol. The fraction of sp³-hybridized carbons (Fsp3) is 0.125. The molecule has 0 aromatic heterocycles. The second-order valence-electron chi connectivity index (χ2n) is 4.45. The highest BCUT2D eigenvalue weighted by Crippen LogP contribution is 2.21. The normalized spacial score (nSPS) is 10.2. The third kappa shape index (κ3) is 3.25. The molecule has 0 bridgehead atoms. The molecule has 0 atom stereocenters. The Morgan fingerprint density at radius 1 is 1.19 bits per heavy atom. The first-order valence-electron chi connectivity index (χ1n) is 6.51. The van der Waals surface area contributed by atoms with Crippen molar-refractivity contribution in [1.29, 1.82) is 0 Å². The summed E-state index contributed by atoms with van der Waals surface area (Å²) >= 11 is 4.91. The van der Waals surface area contributed by atoms with Crippen LogP contribution in [0.15, 0.2) is 48.5 Å². The monoisotopic (exact) mass is 302 g/mol. The standard InChI is InChI=1S/C16H15FN2OS/c1-2-19(14-9-4-3-8-13(14)17)16(20)12-7-5-6-11(10-12)15(18)21/h3-10H,2H2,1H3,(H2,18,21). The van der Waals surface area contributed by atoms with Gasteiger partial charge in [-0.05, 0) is 31.2 Å². The summed E-state index contributed by atoms with van der Waals surface area (Å²) in [6.07, 6.45) is 0. The van der Waals surface area contributed by atoms with Crippen LogP contribution in [0.1, 0.15) is 22.8 Å². The quantitative estimate of drug-likeness (QED) is 0.883. The number of carbonyl (C=O) groups excluding carboxylic acids is 1. The highest BCUT2D eigenvalue weighted by Gasteiger charge is 2.19. The van der Waals surface area contributed by atoms with E-state index < -0.39 is 5.82 Å². The Balaban J connectivity index is 2.39. The molecule has 0 saturated carbocycles. The van der Waals surface area contributed by atoms with Crippen LogP contribution in [-0.2, 0) is 0 Å². The smallest absolute Gasteiger partial charge is 0.258 e. The van der Waals surface area contributed by atoms with Crippen LogP contribution in [0.2, 0.25) is 0 Å². The van der Waals surface area contributed by atoms with Crippen molar-refractivity contribution >= 4 is 28.8 Å². The van der Waals surface area contributed by atoms with Crippen molar-refractivity contribution in [2.45, 2.75) is 6.92 Å². The zero-order valence-electron chi connectivity index (χ0n) is 11.5. The van der Waals surface area contributed by atoms with E-state index in [4.69, 9.17) is 18.0 Å². The number of anilines is 1. The lowest BCUT2D eigenvalue weighted by molar-refractivity contribution is 0.0987. The maximum absolute atomic E-state index is 13.9. The van der Waals surface area contributed by atoms with E-state index in [2.05, 4.69) is 0 Å². The van der Waals surface area contributed by atoms with Gasteiger partial charge in [0, 0.05) is 17.7 Å². The van der Waals surface area contributed by atoms with Gasteiger partial charge in [-0.1, -0.05) is 36.5 Å². The minimum absolute atomic E-state index is 0.221. The van der Waals surface area contributed by atoms with E-state index in [9.17, 15) is 9.18 Å². The molecule has 0 saturated heterocycles. The number of nitrogens with two attached hydrogens (primary N) is 1. The Kier molecular flexibility index (Phi) is 4.65. The summed E-state index contributed by atoms with van der Waals surface area (Å²) < 4.78 is 13.9. The first kappa shape index (κ1) is 15.1. The van der Waals surface area contributed by atoms with Gasteiger partial charge in [-0.3, -0.25) is 4.79 Å². The molecule has 0 unspecified atom stereocenters. The van der Waals surface area contributed by atoms with E-state index in [1.54, 1.807) is 49.4 Å². The van der Waals surface area contributed by atoms with Gasteiger partial charge in [-0.2, -0.15) is 0 Å². The molecular formula is C16H15FN2OS. The molecule has 0 radical (unpaired) electrons. The van der Waals surface area contributed by atoms with Crippen molar-refractivity contribution in [3.8, 4) is 0 Å². The molecule has 0 aliphatic heterocycles. The van der Waals surface area contributed by atoms with Crippen LogP contribution < -0.4 is 10.6 Å². The van der Waals surface area contributed by atoms with Gasteiger partial charge in [-0.15, -0.1) is 0 Å². The first-order chi connectivity index (χ1) is 10.0. The van der Waals surface area contributed by atoms with Crippen LogP contribution in [0.25, 0.3) is 0 Å². The number of carbonyl (C=O) groups is 1. The topological polar surface area (TPSA) is 46.3 Å². The van der Waals surface area contributed by atoms with E-state index in [1.165, 1.54) is 11.0 Å². The van der Waals surface area contributed by atoms with Crippen molar-refractivity contribution in [2.75, 3.05) is 11.4 Å². The predicted molar refractivity (Wildman–Crippen MR) is 86.1 cm³/mol. The molecule has 2 aromatic rings. The number of rotatable bonds is 4. The van der Waals surface area contributed by atoms with Gasteiger partial charge in [0.05, 0.1) is 5.69 Å². The number of benzene rings is 2. The molecule has 2 aromatic carbocycles. The van der Waals surface area contributed by atoms with Crippen molar-refractivity contribution in [1.82, 2.24) is 0 Å². The second kappa shape index (κ2) is 6.45. The third-order valence-corrected chi connectivity index (χ3v) is 3.33. The van der Waals surface area contributed by atoms with Crippen molar-refractivity contribution in [2.24, 2.45) is 5.73 Å². The molecule has 5 heteroatoms. The number of nitrogens with zero attached hydrogens (tertiary/aromatic N) is 1. The van der Waals surface area contributed by atoms with Crippen LogP contribution in [0.5, 0.6) is 0 Å². The van der Waals surface area contributed by atoms with Gasteiger partial charge in [0.2, 0.25) is 0 Å². The van der Waals surface area contributed by atoms with Gasteiger partial charge in [0.15, 0.2) is 0 Å². The minimum atomic E-state index is -0.432. The fourth-order valence-corrected chi connectivity index (χ4v) is 2.18. The Morgan fingerprint density at radius 3 is 2.48 bits per heavy atom. The fourth-order valence-electron chi connectivity index (χ4n) is 2.06. The van der Waals surface area contributed by atoms with Gasteiger partial charge in [-0.25, -0.2) is 4.39 Å². The summed E-state index contributed by atoms with van der Waals surface area (Å²) in [5, 5.41) is 0. The average Bonchev–Trinajstić information content (AvgIpc) is 2.50. The second-order valence-corrected chi connectivity index (χ2v) is 4.89. The number of halogens is 1. The summed E-state index contributed by atoms with van der Waals surface area (Å²) in [7, 11) is 0. The summed E-state index contributed by atoms with van der Waals surface area (Å²) in [5.74, 6) is -0.723. The third-order valence-electron chi connectivity index (χ3n) is 3.10. The zero-order chi connectivity index (χ0) is 15.4. The summed E-state index contributed by atoms with van der Waals surface area (Å²) in [5.41, 5.74) is 6.86. The van der Waals surface area contributed by atoms with Crippen LogP contribution in [0.3, 0.4) is 0 Å². The van der Waals surface area contributed by atoms with Gasteiger partial charge in [0.25, 0.3) is 5.91 Å². The van der Waals surface area contributed by atoms with Crippen LogP contribution >= 0.6 is 12.2 Å². The highest BCUT2D eigenvalue weighted by atomic mass is 32.1. The molecule has 0 fully saturated rings. The Morgan fingerprint density at radius 2 is 1.86 bits per heavy atom. The van der Waals surface area contributed by atoms with E-state index >= 15 is 0 Å². The lowest BCUT2D eigenvalue weighted by atomic mass is 10.1. The van der Waals surface area contributed by atoms with Crippen molar-refractivity contribution in [3.05, 3.63) is 65.5 Å². The largest absolute Gasteiger partial charge is 0.389 e. The Bertz CT molecular complexity index is 687. The minimum Gasteiger partial charge on any atom is -0.389 e. The SMILES string of the molecule is CCN(C(=O)c1cccc(C(N)=S)c1)c1ccccc1F. The molecule has 2 rings (SSSR count). The van der Waals surface area contributed by atoms with Crippen LogP contribution in [0.4, 0.5) is 10.1 Å². The van der Waals surface area contributed by atoms with E-state index in [0.717, 1.165) is 0 Å². The number of para-hydroxylation sites is 1. The number of hydrogen-bond acceptors (Lipinski definition) is 2. The summed E-state index contributed by atoms with van der Waals surface area (Å²) in [6.45, 7) is 2.15. The first-order valence-corrected chi connectivity index (χ1v) is 6.91.